The molecule has 2 aromatic carbocycles. The van der Waals surface area contributed by atoms with Gasteiger partial charge in [0, 0.05) is 12.8 Å². The van der Waals surface area contributed by atoms with Crippen molar-refractivity contribution in [2.75, 3.05) is 6.26 Å². The number of hydrogen-bond donors (Lipinski definition) is 1. The van der Waals surface area contributed by atoms with Gasteiger partial charge in [-0.15, -0.1) is 0 Å². The molecule has 3 nitrogen and oxygen atoms in total. The van der Waals surface area contributed by atoms with Crippen LogP contribution < -0.4 is 5.73 Å². The van der Waals surface area contributed by atoms with Gasteiger partial charge >= 0.3 is 0 Å². The first kappa shape index (κ1) is 13.8. The van der Waals surface area contributed by atoms with E-state index in [1.54, 1.807) is 0 Å². The summed E-state index contributed by atoms with van der Waals surface area (Å²) in [6.45, 7) is 0.487. The van der Waals surface area contributed by atoms with Crippen LogP contribution in [0.1, 0.15) is 11.1 Å². The molecule has 0 spiro atoms. The van der Waals surface area contributed by atoms with Crippen LogP contribution in [0.5, 0.6) is 0 Å². The molecular weight excluding hydrogens is 258 g/mol. The molecule has 4 heteroatoms. The van der Waals surface area contributed by atoms with Gasteiger partial charge in [-0.2, -0.15) is 0 Å². The van der Waals surface area contributed by atoms with Gasteiger partial charge in [-0.1, -0.05) is 48.5 Å². The van der Waals surface area contributed by atoms with E-state index in [9.17, 15) is 8.42 Å². The van der Waals surface area contributed by atoms with Crippen LogP contribution in [0.2, 0.25) is 0 Å². The molecule has 0 aliphatic carbocycles. The highest BCUT2D eigenvalue weighted by molar-refractivity contribution is 7.89. The van der Waals surface area contributed by atoms with Crippen LogP contribution in [-0.2, 0) is 22.1 Å². The quantitative estimate of drug-likeness (QED) is 0.931. The van der Waals surface area contributed by atoms with Crippen molar-refractivity contribution in [3.63, 3.8) is 0 Å². The van der Waals surface area contributed by atoms with E-state index in [0.29, 0.717) is 6.54 Å². The lowest BCUT2D eigenvalue weighted by Crippen LogP contribution is -2.01. The minimum atomic E-state index is -2.99. The van der Waals surface area contributed by atoms with E-state index >= 15 is 0 Å². The Morgan fingerprint density at radius 1 is 1.00 bits per heavy atom. The van der Waals surface area contributed by atoms with Crippen molar-refractivity contribution in [3.8, 4) is 11.1 Å². The maximum Gasteiger partial charge on any atom is 0.151 e. The highest BCUT2D eigenvalue weighted by atomic mass is 32.2. The summed E-state index contributed by atoms with van der Waals surface area (Å²) in [5.41, 5.74) is 9.75. The third-order valence-electron chi connectivity index (χ3n) is 2.93. The monoisotopic (exact) mass is 275 g/mol. The Hall–Kier alpha value is -1.65. The van der Waals surface area contributed by atoms with Gasteiger partial charge in [-0.3, -0.25) is 0 Å². The van der Waals surface area contributed by atoms with E-state index in [0.717, 1.165) is 22.3 Å². The van der Waals surface area contributed by atoms with Crippen LogP contribution in [0.15, 0.2) is 48.5 Å². The Labute approximate surface area is 114 Å². The third kappa shape index (κ3) is 3.66. The number of rotatable bonds is 4. The Bertz CT molecular complexity index is 661. The summed E-state index contributed by atoms with van der Waals surface area (Å²) in [6, 6.07) is 15.5. The summed E-state index contributed by atoms with van der Waals surface area (Å²) < 4.78 is 22.5. The van der Waals surface area contributed by atoms with E-state index < -0.39 is 9.84 Å². The van der Waals surface area contributed by atoms with Gasteiger partial charge in [0.2, 0.25) is 0 Å². The molecule has 0 heterocycles. The first-order valence-electron chi connectivity index (χ1n) is 6.04. The van der Waals surface area contributed by atoms with Crippen molar-refractivity contribution in [1.82, 2.24) is 0 Å². The van der Waals surface area contributed by atoms with Crippen molar-refractivity contribution in [3.05, 3.63) is 59.7 Å². The molecule has 0 radical (unpaired) electrons. The molecule has 0 aliphatic heterocycles. The SMILES string of the molecule is CS(=O)(=O)Cc1ccc(-c2ccccc2CN)cc1. The molecule has 0 bridgehead atoms. The lowest BCUT2D eigenvalue weighted by molar-refractivity contribution is 0.601. The largest absolute Gasteiger partial charge is 0.326 e. The van der Waals surface area contributed by atoms with E-state index in [-0.39, 0.29) is 5.75 Å². The summed E-state index contributed by atoms with van der Waals surface area (Å²) >= 11 is 0. The molecule has 0 saturated carbocycles. The number of sulfone groups is 1. The zero-order valence-electron chi connectivity index (χ0n) is 10.8. The summed E-state index contributed by atoms with van der Waals surface area (Å²) in [7, 11) is -2.99. The first-order chi connectivity index (χ1) is 8.99. The van der Waals surface area contributed by atoms with Crippen molar-refractivity contribution >= 4 is 9.84 Å². The molecule has 2 rings (SSSR count). The van der Waals surface area contributed by atoms with Crippen LogP contribution in [0.25, 0.3) is 11.1 Å². The van der Waals surface area contributed by atoms with Gasteiger partial charge in [0.1, 0.15) is 0 Å². The minimum absolute atomic E-state index is 0.0752. The van der Waals surface area contributed by atoms with E-state index in [2.05, 4.69) is 0 Å². The molecule has 2 N–H and O–H groups in total. The van der Waals surface area contributed by atoms with Crippen molar-refractivity contribution in [1.29, 1.82) is 0 Å². The van der Waals surface area contributed by atoms with E-state index in [1.165, 1.54) is 6.26 Å². The molecule has 0 saturated heterocycles. The molecule has 0 unspecified atom stereocenters. The van der Waals surface area contributed by atoms with E-state index in [1.807, 2.05) is 48.5 Å². The molecule has 0 atom stereocenters. The molecule has 100 valence electrons. The third-order valence-corrected chi connectivity index (χ3v) is 3.79. The predicted molar refractivity (Wildman–Crippen MR) is 78.3 cm³/mol. The lowest BCUT2D eigenvalue weighted by Gasteiger charge is -2.08. The summed E-state index contributed by atoms with van der Waals surface area (Å²) in [5, 5.41) is 0. The number of hydrogen-bond acceptors (Lipinski definition) is 3. The van der Waals surface area contributed by atoms with Crippen molar-refractivity contribution in [2.24, 2.45) is 5.73 Å². The fourth-order valence-corrected chi connectivity index (χ4v) is 2.86. The molecule has 0 aliphatic rings. The Morgan fingerprint density at radius 2 is 1.63 bits per heavy atom. The standard InChI is InChI=1S/C15H17NO2S/c1-19(17,18)11-12-6-8-13(9-7-12)15-5-3-2-4-14(15)10-16/h2-9H,10-11,16H2,1H3. The molecule has 2 aromatic rings. The first-order valence-corrected chi connectivity index (χ1v) is 8.10. The second kappa shape index (κ2) is 5.55. The fourth-order valence-electron chi connectivity index (χ4n) is 2.06. The number of nitrogens with two attached hydrogens (primary N) is 1. The van der Waals surface area contributed by atoms with Gasteiger partial charge < -0.3 is 5.73 Å². The topological polar surface area (TPSA) is 60.2 Å². The van der Waals surface area contributed by atoms with Gasteiger partial charge in [0.15, 0.2) is 9.84 Å². The fraction of sp³-hybridized carbons (Fsp3) is 0.200. The van der Waals surface area contributed by atoms with E-state index in [4.69, 9.17) is 5.73 Å². The van der Waals surface area contributed by atoms with Gasteiger partial charge in [-0.05, 0) is 22.3 Å². The highest BCUT2D eigenvalue weighted by Gasteiger charge is 2.06. The average Bonchev–Trinajstić information content (AvgIpc) is 2.38. The summed E-state index contributed by atoms with van der Waals surface area (Å²) in [4.78, 5) is 0. The molecule has 19 heavy (non-hydrogen) atoms. The van der Waals surface area contributed by atoms with Crippen LogP contribution >= 0.6 is 0 Å². The minimum Gasteiger partial charge on any atom is -0.326 e. The normalized spacial score (nSPS) is 11.5. The Morgan fingerprint density at radius 3 is 2.21 bits per heavy atom. The maximum absolute atomic E-state index is 11.2. The van der Waals surface area contributed by atoms with Gasteiger partial charge in [0.25, 0.3) is 0 Å². The predicted octanol–water partition coefficient (Wildman–Crippen LogP) is 2.36. The maximum atomic E-state index is 11.2. The average molecular weight is 275 g/mol. The van der Waals surface area contributed by atoms with Crippen LogP contribution in [0, 0.1) is 0 Å². The Balaban J connectivity index is 2.32. The zero-order valence-corrected chi connectivity index (χ0v) is 11.7. The molecule has 0 amide bonds. The van der Waals surface area contributed by atoms with Crippen LogP contribution in [0.3, 0.4) is 0 Å². The van der Waals surface area contributed by atoms with Crippen molar-refractivity contribution in [2.45, 2.75) is 12.3 Å². The zero-order chi connectivity index (χ0) is 13.9. The number of benzene rings is 2. The second-order valence-corrected chi connectivity index (χ2v) is 6.77. The molecular formula is C15H17NO2S. The molecule has 0 fully saturated rings. The van der Waals surface area contributed by atoms with Crippen LogP contribution in [0.4, 0.5) is 0 Å². The lowest BCUT2D eigenvalue weighted by atomic mass is 9.99. The highest BCUT2D eigenvalue weighted by Crippen LogP contribution is 2.24. The van der Waals surface area contributed by atoms with Crippen LogP contribution in [-0.4, -0.2) is 14.7 Å². The van der Waals surface area contributed by atoms with Crippen molar-refractivity contribution < 1.29 is 8.42 Å². The smallest absolute Gasteiger partial charge is 0.151 e. The van der Waals surface area contributed by atoms with Gasteiger partial charge in [0.05, 0.1) is 5.75 Å². The second-order valence-electron chi connectivity index (χ2n) is 4.63. The van der Waals surface area contributed by atoms with Gasteiger partial charge in [-0.25, -0.2) is 8.42 Å². The summed E-state index contributed by atoms with van der Waals surface area (Å²) in [6.07, 6.45) is 1.24. The Kier molecular flexibility index (Phi) is 4.02. The summed E-state index contributed by atoms with van der Waals surface area (Å²) in [5.74, 6) is 0.0752. The molecule has 0 aromatic heterocycles.